The zero-order chi connectivity index (χ0) is 24.8. The van der Waals surface area contributed by atoms with Gasteiger partial charge in [-0.1, -0.05) is 45.0 Å². The first-order valence-electron chi connectivity index (χ1n) is 11.3. The van der Waals surface area contributed by atoms with E-state index in [9.17, 15) is 9.59 Å². The second-order valence-electron chi connectivity index (χ2n) is 8.67. The summed E-state index contributed by atoms with van der Waals surface area (Å²) in [4.78, 5) is 32.6. The summed E-state index contributed by atoms with van der Waals surface area (Å²) in [5.74, 6) is 0.288. The van der Waals surface area contributed by atoms with Crippen molar-refractivity contribution in [2.45, 2.75) is 26.2 Å². The zero-order valence-electron chi connectivity index (χ0n) is 19.8. The van der Waals surface area contributed by atoms with Crippen molar-refractivity contribution in [2.24, 2.45) is 5.92 Å². The first kappa shape index (κ1) is 23.8. The fraction of sp³-hybridized carbons (Fsp3) is 0.172. The van der Waals surface area contributed by atoms with Crippen LogP contribution < -0.4 is 9.47 Å². The monoisotopic (exact) mass is 466 g/mol. The standard InChI is InChI=1S/C29H26N2O4/c1-20(2)29(3,23-8-12-25(13-9-23)34-27(32)21-6-4-16-30-18-21)24-10-14-26(15-11-24)35-28(33)22-7-5-17-31-19-22/h4-20H,1-3H3. The number of nitrogens with zero attached hydrogens (tertiary/aromatic N) is 2. The van der Waals surface area contributed by atoms with Crippen molar-refractivity contribution in [3.05, 3.63) is 120 Å². The Morgan fingerprint density at radius 3 is 1.40 bits per heavy atom. The van der Waals surface area contributed by atoms with Crippen LogP contribution in [0.3, 0.4) is 0 Å². The zero-order valence-corrected chi connectivity index (χ0v) is 19.8. The average molecular weight is 467 g/mol. The van der Waals surface area contributed by atoms with Gasteiger partial charge in [0.05, 0.1) is 11.1 Å². The minimum absolute atomic E-state index is 0.259. The molecule has 0 bridgehead atoms. The Bertz CT molecular complexity index is 1190. The predicted molar refractivity (Wildman–Crippen MR) is 133 cm³/mol. The number of carbonyl (C=O) groups excluding carboxylic acids is 2. The Kier molecular flexibility index (Phi) is 7.01. The van der Waals surface area contributed by atoms with Crippen molar-refractivity contribution in [3.63, 3.8) is 0 Å². The van der Waals surface area contributed by atoms with E-state index in [0.717, 1.165) is 11.1 Å². The fourth-order valence-electron chi connectivity index (χ4n) is 3.87. The molecule has 0 unspecified atom stereocenters. The highest BCUT2D eigenvalue weighted by Gasteiger charge is 2.32. The Morgan fingerprint density at radius 1 is 0.686 bits per heavy atom. The minimum atomic E-state index is -0.450. The molecule has 0 aliphatic carbocycles. The summed E-state index contributed by atoms with van der Waals surface area (Å²) < 4.78 is 11.0. The Labute approximate surface area is 204 Å². The van der Waals surface area contributed by atoms with E-state index in [1.54, 1.807) is 60.9 Å². The van der Waals surface area contributed by atoms with E-state index in [2.05, 4.69) is 30.7 Å². The van der Waals surface area contributed by atoms with Crippen molar-refractivity contribution >= 4 is 11.9 Å². The molecule has 6 heteroatoms. The van der Waals surface area contributed by atoms with E-state index in [-0.39, 0.29) is 11.3 Å². The molecule has 2 aromatic carbocycles. The van der Waals surface area contributed by atoms with Gasteiger partial charge < -0.3 is 9.47 Å². The van der Waals surface area contributed by atoms with Gasteiger partial charge in [0.25, 0.3) is 0 Å². The molecule has 0 aliphatic rings. The van der Waals surface area contributed by atoms with Gasteiger partial charge in [0.15, 0.2) is 0 Å². The maximum atomic E-state index is 12.3. The number of rotatable bonds is 7. The maximum Gasteiger partial charge on any atom is 0.345 e. The Hall–Kier alpha value is -4.32. The number of hydrogen-bond donors (Lipinski definition) is 0. The number of ether oxygens (including phenoxy) is 2. The Balaban J connectivity index is 1.52. The van der Waals surface area contributed by atoms with Crippen molar-refractivity contribution in [1.82, 2.24) is 9.97 Å². The SMILES string of the molecule is CC(C)C(C)(c1ccc(OC(=O)c2cccnc2)cc1)c1ccc(OC(=O)c2cccnc2)cc1. The van der Waals surface area contributed by atoms with Crippen molar-refractivity contribution < 1.29 is 19.1 Å². The highest BCUT2D eigenvalue weighted by molar-refractivity contribution is 5.91. The van der Waals surface area contributed by atoms with Crippen LogP contribution in [-0.4, -0.2) is 21.9 Å². The van der Waals surface area contributed by atoms with E-state index in [0.29, 0.717) is 22.6 Å². The van der Waals surface area contributed by atoms with Gasteiger partial charge in [0, 0.05) is 30.2 Å². The molecule has 4 rings (SSSR count). The molecule has 0 radical (unpaired) electrons. The molecular weight excluding hydrogens is 440 g/mol. The van der Waals surface area contributed by atoms with Crippen LogP contribution in [-0.2, 0) is 5.41 Å². The first-order valence-corrected chi connectivity index (χ1v) is 11.3. The topological polar surface area (TPSA) is 78.4 Å². The predicted octanol–water partition coefficient (Wildman–Crippen LogP) is 5.88. The summed E-state index contributed by atoms with van der Waals surface area (Å²) in [7, 11) is 0. The minimum Gasteiger partial charge on any atom is -0.423 e. The molecule has 0 N–H and O–H groups in total. The lowest BCUT2D eigenvalue weighted by atomic mass is 9.68. The number of hydrogen-bond acceptors (Lipinski definition) is 6. The van der Waals surface area contributed by atoms with Gasteiger partial charge in [-0.2, -0.15) is 0 Å². The average Bonchev–Trinajstić information content (AvgIpc) is 2.90. The van der Waals surface area contributed by atoms with Crippen LogP contribution >= 0.6 is 0 Å². The second-order valence-corrected chi connectivity index (χ2v) is 8.67. The summed E-state index contributed by atoms with van der Waals surface area (Å²) in [6.07, 6.45) is 6.17. The number of aromatic nitrogens is 2. The van der Waals surface area contributed by atoms with Gasteiger partial charge in [-0.3, -0.25) is 9.97 Å². The van der Waals surface area contributed by atoms with E-state index >= 15 is 0 Å². The summed E-state index contributed by atoms with van der Waals surface area (Å²) in [5.41, 5.74) is 2.63. The molecule has 0 saturated heterocycles. The summed E-state index contributed by atoms with van der Waals surface area (Å²) in [6, 6.07) is 21.8. The molecule has 0 aliphatic heterocycles. The lowest BCUT2D eigenvalue weighted by Gasteiger charge is -2.35. The number of esters is 2. The molecule has 4 aromatic rings. The van der Waals surface area contributed by atoms with Gasteiger partial charge in [-0.15, -0.1) is 0 Å². The summed E-state index contributed by atoms with van der Waals surface area (Å²) in [5, 5.41) is 0. The maximum absolute atomic E-state index is 12.3. The van der Waals surface area contributed by atoms with Crippen molar-refractivity contribution in [2.75, 3.05) is 0 Å². The van der Waals surface area contributed by atoms with Crippen LogP contribution in [0.25, 0.3) is 0 Å². The molecule has 0 amide bonds. The third kappa shape index (κ3) is 5.27. The van der Waals surface area contributed by atoms with Gasteiger partial charge in [-0.05, 0) is 65.6 Å². The normalized spacial score (nSPS) is 11.2. The fourth-order valence-corrected chi connectivity index (χ4v) is 3.87. The van der Waals surface area contributed by atoms with E-state index in [4.69, 9.17) is 9.47 Å². The molecule has 6 nitrogen and oxygen atoms in total. The number of pyridine rings is 2. The van der Waals surface area contributed by atoms with Crippen LogP contribution in [0.5, 0.6) is 11.5 Å². The number of carbonyl (C=O) groups is 2. The molecule has 0 fully saturated rings. The van der Waals surface area contributed by atoms with E-state index in [1.165, 1.54) is 12.4 Å². The van der Waals surface area contributed by atoms with Crippen molar-refractivity contribution in [3.8, 4) is 11.5 Å². The molecule has 2 aromatic heterocycles. The number of benzene rings is 2. The van der Waals surface area contributed by atoms with E-state index < -0.39 is 11.9 Å². The molecule has 176 valence electrons. The van der Waals surface area contributed by atoms with Crippen LogP contribution in [0.15, 0.2) is 97.6 Å². The molecule has 0 spiro atoms. The van der Waals surface area contributed by atoms with E-state index in [1.807, 2.05) is 24.3 Å². The van der Waals surface area contributed by atoms with Gasteiger partial charge >= 0.3 is 11.9 Å². The molecular formula is C29H26N2O4. The van der Waals surface area contributed by atoms with Crippen LogP contribution in [0.4, 0.5) is 0 Å². The van der Waals surface area contributed by atoms with Gasteiger partial charge in [-0.25, -0.2) is 9.59 Å². The largest absolute Gasteiger partial charge is 0.423 e. The highest BCUT2D eigenvalue weighted by Crippen LogP contribution is 2.40. The smallest absolute Gasteiger partial charge is 0.345 e. The summed E-state index contributed by atoms with van der Waals surface area (Å²) in [6.45, 7) is 6.49. The van der Waals surface area contributed by atoms with Gasteiger partial charge in [0.1, 0.15) is 11.5 Å². The van der Waals surface area contributed by atoms with Gasteiger partial charge in [0.2, 0.25) is 0 Å². The highest BCUT2D eigenvalue weighted by atomic mass is 16.5. The third-order valence-electron chi connectivity index (χ3n) is 6.28. The van der Waals surface area contributed by atoms with Crippen molar-refractivity contribution in [1.29, 1.82) is 0 Å². The molecule has 35 heavy (non-hydrogen) atoms. The lowest BCUT2D eigenvalue weighted by molar-refractivity contribution is 0.0724. The third-order valence-corrected chi connectivity index (χ3v) is 6.28. The lowest BCUT2D eigenvalue weighted by Crippen LogP contribution is -2.30. The summed E-state index contributed by atoms with van der Waals surface area (Å²) >= 11 is 0. The quantitative estimate of drug-likeness (QED) is 0.250. The Morgan fingerprint density at radius 2 is 1.09 bits per heavy atom. The molecule has 0 atom stereocenters. The first-order chi connectivity index (χ1) is 16.9. The molecule has 2 heterocycles. The van der Waals surface area contributed by atoms with Crippen LogP contribution in [0, 0.1) is 5.92 Å². The van der Waals surface area contributed by atoms with Crippen LogP contribution in [0.2, 0.25) is 0 Å². The van der Waals surface area contributed by atoms with Crippen LogP contribution in [0.1, 0.15) is 52.6 Å². The second kappa shape index (κ2) is 10.3. The molecule has 0 saturated carbocycles.